The van der Waals surface area contributed by atoms with Gasteiger partial charge in [0.05, 0.1) is 16.1 Å². The Morgan fingerprint density at radius 3 is 2.71 bits per heavy atom. The largest absolute Gasteiger partial charge is 0.410 e. The maximum Gasteiger partial charge on any atom is 0.410 e. The number of nitrogens with one attached hydrogen (secondary N) is 2. The van der Waals surface area contributed by atoms with Gasteiger partial charge in [0.15, 0.2) is 11.7 Å². The van der Waals surface area contributed by atoms with Crippen LogP contribution < -0.4 is 10.6 Å². The van der Waals surface area contributed by atoms with Gasteiger partial charge in [0.25, 0.3) is 5.91 Å². The van der Waals surface area contributed by atoms with Gasteiger partial charge in [-0.3, -0.25) is 9.78 Å². The van der Waals surface area contributed by atoms with E-state index in [-0.39, 0.29) is 29.5 Å². The number of rotatable bonds is 4. The lowest BCUT2D eigenvalue weighted by molar-refractivity contribution is -0.173. The zero-order valence-corrected chi connectivity index (χ0v) is 17.3. The Labute approximate surface area is 185 Å². The summed E-state index contributed by atoms with van der Waals surface area (Å²) < 4.78 is 42.2. The molecule has 0 aliphatic carbocycles. The van der Waals surface area contributed by atoms with Crippen LogP contribution in [0.4, 0.5) is 19.0 Å². The van der Waals surface area contributed by atoms with Gasteiger partial charge in [0.2, 0.25) is 0 Å². The highest BCUT2D eigenvalue weighted by atomic mass is 35.5. The second-order valence-corrected chi connectivity index (χ2v) is 7.88. The molecule has 3 heterocycles. The predicted molar refractivity (Wildman–Crippen MR) is 110 cm³/mol. The van der Waals surface area contributed by atoms with E-state index in [1.165, 1.54) is 18.2 Å². The van der Waals surface area contributed by atoms with Crippen LogP contribution in [0.2, 0.25) is 10.0 Å². The first kappa shape index (κ1) is 21.5. The number of anilines is 1. The third-order valence-corrected chi connectivity index (χ3v) is 5.68. The Kier molecular flexibility index (Phi) is 5.81. The Balaban J connectivity index is 1.59. The van der Waals surface area contributed by atoms with Gasteiger partial charge in [-0.15, -0.1) is 0 Å². The molecule has 0 unspecified atom stereocenters. The summed E-state index contributed by atoms with van der Waals surface area (Å²) in [5.74, 6) is -0.490. The smallest absolute Gasteiger partial charge is 0.363 e. The number of hydrogen-bond donors (Lipinski definition) is 2. The number of benzene rings is 1. The molecule has 1 aliphatic heterocycles. The highest BCUT2D eigenvalue weighted by Gasteiger charge is 2.46. The van der Waals surface area contributed by atoms with Crippen molar-refractivity contribution in [2.75, 3.05) is 5.32 Å². The van der Waals surface area contributed by atoms with E-state index in [1.807, 2.05) is 0 Å². The van der Waals surface area contributed by atoms with Crippen molar-refractivity contribution in [1.82, 2.24) is 20.1 Å². The second-order valence-electron chi connectivity index (χ2n) is 7.07. The second kappa shape index (κ2) is 8.39. The van der Waals surface area contributed by atoms with Crippen molar-refractivity contribution in [2.45, 2.75) is 31.2 Å². The fraction of sp³-hybridized carbons (Fsp3) is 0.250. The van der Waals surface area contributed by atoms with E-state index in [0.29, 0.717) is 10.6 Å². The molecule has 1 aliphatic rings. The summed E-state index contributed by atoms with van der Waals surface area (Å²) in [5.41, 5.74) is 1.19. The fourth-order valence-corrected chi connectivity index (χ4v) is 3.71. The molecule has 6 nitrogen and oxygen atoms in total. The molecule has 2 aromatic heterocycles. The molecular weight excluding hydrogens is 454 g/mol. The number of alkyl halides is 3. The minimum Gasteiger partial charge on any atom is -0.363 e. The molecule has 0 spiro atoms. The van der Waals surface area contributed by atoms with Gasteiger partial charge in [-0.2, -0.15) is 18.3 Å². The molecule has 0 saturated heterocycles. The predicted octanol–water partition coefficient (Wildman–Crippen LogP) is 5.18. The zero-order valence-electron chi connectivity index (χ0n) is 15.8. The number of nitrogens with zero attached hydrogens (tertiary/aromatic N) is 3. The van der Waals surface area contributed by atoms with Crippen LogP contribution >= 0.6 is 23.2 Å². The summed E-state index contributed by atoms with van der Waals surface area (Å²) in [6.45, 7) is 0.177. The van der Waals surface area contributed by atoms with Gasteiger partial charge >= 0.3 is 6.18 Å². The molecular formula is C20H16Cl2F3N5O. The number of carbonyl (C=O) groups is 1. The molecule has 1 aromatic carbocycles. The summed E-state index contributed by atoms with van der Waals surface area (Å²) in [7, 11) is 0. The van der Waals surface area contributed by atoms with E-state index < -0.39 is 24.2 Å². The van der Waals surface area contributed by atoms with Gasteiger partial charge in [-0.1, -0.05) is 35.3 Å². The first-order chi connectivity index (χ1) is 14.7. The lowest BCUT2D eigenvalue weighted by Crippen LogP contribution is -2.35. The zero-order chi connectivity index (χ0) is 22.2. The maximum absolute atomic E-state index is 13.8. The quantitative estimate of drug-likeness (QED) is 0.552. The molecule has 3 aromatic rings. The highest BCUT2D eigenvalue weighted by molar-refractivity contribution is 6.42. The summed E-state index contributed by atoms with van der Waals surface area (Å²) in [4.78, 5) is 16.4. The van der Waals surface area contributed by atoms with Crippen LogP contribution in [0.15, 0.2) is 48.8 Å². The molecule has 2 atom stereocenters. The van der Waals surface area contributed by atoms with Gasteiger partial charge in [-0.25, -0.2) is 4.68 Å². The van der Waals surface area contributed by atoms with E-state index in [9.17, 15) is 18.0 Å². The van der Waals surface area contributed by atoms with Crippen LogP contribution in [0.3, 0.4) is 0 Å². The molecule has 31 heavy (non-hydrogen) atoms. The molecule has 2 N–H and O–H groups in total. The molecule has 0 saturated carbocycles. The van der Waals surface area contributed by atoms with Crippen molar-refractivity contribution in [2.24, 2.45) is 0 Å². The topological polar surface area (TPSA) is 71.8 Å². The lowest BCUT2D eigenvalue weighted by Gasteiger charge is -2.33. The number of amides is 1. The Bertz CT molecular complexity index is 1100. The minimum atomic E-state index is -4.55. The van der Waals surface area contributed by atoms with Crippen molar-refractivity contribution >= 4 is 34.9 Å². The van der Waals surface area contributed by atoms with Crippen molar-refractivity contribution in [3.05, 3.63) is 75.7 Å². The number of fused-ring (bicyclic) bond motifs is 1. The van der Waals surface area contributed by atoms with Crippen LogP contribution in [0.1, 0.15) is 40.1 Å². The van der Waals surface area contributed by atoms with Crippen molar-refractivity contribution in [3.63, 3.8) is 0 Å². The molecule has 162 valence electrons. The summed E-state index contributed by atoms with van der Waals surface area (Å²) in [6.07, 6.45) is -1.68. The van der Waals surface area contributed by atoms with Crippen molar-refractivity contribution in [3.8, 4) is 0 Å². The molecule has 1 amide bonds. The Morgan fingerprint density at radius 1 is 1.23 bits per heavy atom. The highest BCUT2D eigenvalue weighted by Crippen LogP contribution is 2.44. The van der Waals surface area contributed by atoms with E-state index >= 15 is 0 Å². The van der Waals surface area contributed by atoms with Gasteiger partial charge in [0.1, 0.15) is 5.82 Å². The average molecular weight is 470 g/mol. The summed E-state index contributed by atoms with van der Waals surface area (Å²) in [5, 5.41) is 10.1. The SMILES string of the molecule is O=C(NCc1cccnc1)c1cc2n(n1)[C@H](C(F)(F)F)C[C@@H](c1ccc(Cl)c(Cl)c1)N2. The van der Waals surface area contributed by atoms with Crippen LogP contribution in [-0.2, 0) is 6.54 Å². The molecule has 0 bridgehead atoms. The third-order valence-electron chi connectivity index (χ3n) is 4.94. The number of hydrogen-bond acceptors (Lipinski definition) is 4. The van der Waals surface area contributed by atoms with Gasteiger partial charge < -0.3 is 10.6 Å². The number of aromatic nitrogens is 3. The normalized spacial score (nSPS) is 18.2. The number of pyridine rings is 1. The molecule has 11 heteroatoms. The lowest BCUT2D eigenvalue weighted by atomic mass is 9.97. The summed E-state index contributed by atoms with van der Waals surface area (Å²) >= 11 is 12.0. The van der Waals surface area contributed by atoms with Gasteiger partial charge in [-0.05, 0) is 29.3 Å². The summed E-state index contributed by atoms with van der Waals surface area (Å²) in [6, 6.07) is 6.90. The standard InChI is InChI=1S/C20H16Cl2F3N5O/c21-13-4-3-12(6-14(13)22)15-7-17(20(23,24)25)30-18(28-15)8-16(29-30)19(31)27-10-11-2-1-5-26-9-11/h1-6,8-9,15,17,28H,7,10H2,(H,27,31)/t15-,17-/m0/s1. The van der Waals surface area contributed by atoms with Crippen LogP contribution in [0.25, 0.3) is 0 Å². The molecule has 0 fully saturated rings. The van der Waals surface area contributed by atoms with Crippen LogP contribution in [0, 0.1) is 0 Å². The third kappa shape index (κ3) is 4.62. The molecule has 4 rings (SSSR count). The average Bonchev–Trinajstić information content (AvgIpc) is 3.17. The van der Waals surface area contributed by atoms with Gasteiger partial charge in [0, 0.05) is 31.4 Å². The van der Waals surface area contributed by atoms with E-state index in [1.54, 1.807) is 30.6 Å². The number of halogens is 5. The van der Waals surface area contributed by atoms with Crippen LogP contribution in [-0.4, -0.2) is 26.8 Å². The fourth-order valence-electron chi connectivity index (χ4n) is 3.41. The van der Waals surface area contributed by atoms with E-state index in [4.69, 9.17) is 23.2 Å². The van der Waals surface area contributed by atoms with Crippen LogP contribution in [0.5, 0.6) is 0 Å². The van der Waals surface area contributed by atoms with Crippen molar-refractivity contribution in [1.29, 1.82) is 0 Å². The Morgan fingerprint density at radius 2 is 2.03 bits per heavy atom. The molecule has 0 radical (unpaired) electrons. The number of carbonyl (C=O) groups excluding carboxylic acids is 1. The van der Waals surface area contributed by atoms with E-state index in [2.05, 4.69) is 20.7 Å². The maximum atomic E-state index is 13.8. The monoisotopic (exact) mass is 469 g/mol. The Hall–Kier alpha value is -2.78. The first-order valence-corrected chi connectivity index (χ1v) is 10.0. The van der Waals surface area contributed by atoms with E-state index in [0.717, 1.165) is 10.2 Å². The minimum absolute atomic E-state index is 0.0937. The van der Waals surface area contributed by atoms with Crippen molar-refractivity contribution < 1.29 is 18.0 Å². The first-order valence-electron chi connectivity index (χ1n) is 9.27.